The zero-order valence-corrected chi connectivity index (χ0v) is 22.7. The molecule has 3 aliphatic carbocycles. The number of nitrogens with zero attached hydrogens (tertiary/aromatic N) is 3. The molecule has 3 saturated carbocycles. The number of carbonyl (C=O) groups excluding carboxylic acids is 3. The van der Waals surface area contributed by atoms with Crippen LogP contribution in [0.3, 0.4) is 0 Å². The normalized spacial score (nSPS) is 33.7. The molecule has 2 N–H and O–H groups in total. The number of nitrogens with two attached hydrogens (primary N) is 1. The van der Waals surface area contributed by atoms with Crippen molar-refractivity contribution in [1.82, 2.24) is 14.7 Å². The summed E-state index contributed by atoms with van der Waals surface area (Å²) in [7, 11) is -3.99. The standard InChI is InChI=1S/C28H38N4O5S/c29-38(36,37)23-8-4-3-7-22(23)26(33)31-13-11-30(12-14-31)16-20-5-1-2-6-21(20)17-32-27(34)24-18-9-10-19(15-18)25(24)28(32)35/h3-4,7-8,18-21,24-25H,1-2,5-6,9-17H2,(H2,29,36,37)/t18-,19+,20-,21-,24+,25-/m0/s1. The molecule has 2 aliphatic heterocycles. The SMILES string of the molecule is NS(=O)(=O)c1ccccc1C(=O)N1CCN(C[C@@H]2CCCC[C@H]2CN2C(=O)[C@@H]3[C@H]4CC[C@H](C4)[C@@H]3C2=O)CC1. The van der Waals surface area contributed by atoms with Crippen LogP contribution in [-0.4, -0.2) is 80.1 Å². The number of imide groups is 1. The number of benzene rings is 1. The van der Waals surface area contributed by atoms with Gasteiger partial charge in [-0.05, 0) is 67.9 Å². The number of carbonyl (C=O) groups is 3. The van der Waals surface area contributed by atoms with Gasteiger partial charge in [0.05, 0.1) is 22.3 Å². The monoisotopic (exact) mass is 542 g/mol. The molecule has 6 atom stereocenters. The lowest BCUT2D eigenvalue weighted by Crippen LogP contribution is -2.51. The number of hydrogen-bond acceptors (Lipinski definition) is 6. The Hall–Kier alpha value is -2.30. The van der Waals surface area contributed by atoms with Crippen molar-refractivity contribution in [3.8, 4) is 0 Å². The van der Waals surface area contributed by atoms with E-state index in [9.17, 15) is 22.8 Å². The molecule has 2 bridgehead atoms. The van der Waals surface area contributed by atoms with Gasteiger partial charge in [-0.25, -0.2) is 13.6 Å². The van der Waals surface area contributed by atoms with Gasteiger partial charge in [-0.15, -0.1) is 0 Å². The Kier molecular flexibility index (Phi) is 6.85. The minimum atomic E-state index is -3.99. The molecule has 1 aromatic carbocycles. The van der Waals surface area contributed by atoms with Gasteiger partial charge in [-0.2, -0.15) is 0 Å². The molecule has 2 heterocycles. The van der Waals surface area contributed by atoms with E-state index in [4.69, 9.17) is 5.14 Å². The fourth-order valence-corrected chi connectivity index (χ4v) is 8.91. The maximum absolute atomic E-state index is 13.3. The summed E-state index contributed by atoms with van der Waals surface area (Å²) in [6.07, 6.45) is 7.73. The van der Waals surface area contributed by atoms with Crippen molar-refractivity contribution >= 4 is 27.7 Å². The van der Waals surface area contributed by atoms with Crippen molar-refractivity contribution < 1.29 is 22.8 Å². The van der Waals surface area contributed by atoms with Crippen molar-refractivity contribution in [2.24, 2.45) is 40.6 Å². The number of rotatable bonds is 6. The van der Waals surface area contributed by atoms with Gasteiger partial charge in [0.25, 0.3) is 5.91 Å². The van der Waals surface area contributed by atoms with E-state index in [0.717, 1.165) is 45.1 Å². The zero-order valence-electron chi connectivity index (χ0n) is 21.8. The molecule has 0 radical (unpaired) electrons. The number of fused-ring (bicyclic) bond motifs is 5. The summed E-state index contributed by atoms with van der Waals surface area (Å²) in [6, 6.07) is 6.10. The smallest absolute Gasteiger partial charge is 0.255 e. The lowest BCUT2D eigenvalue weighted by Gasteiger charge is -2.40. The van der Waals surface area contributed by atoms with Crippen molar-refractivity contribution in [1.29, 1.82) is 0 Å². The van der Waals surface area contributed by atoms with E-state index >= 15 is 0 Å². The van der Waals surface area contributed by atoms with Crippen LogP contribution >= 0.6 is 0 Å². The second-order valence-electron chi connectivity index (χ2n) is 12.1. The number of sulfonamides is 1. The Labute approximate surface area is 224 Å². The highest BCUT2D eigenvalue weighted by molar-refractivity contribution is 7.89. The first-order valence-corrected chi connectivity index (χ1v) is 15.8. The first-order valence-electron chi connectivity index (χ1n) is 14.2. The topological polar surface area (TPSA) is 121 Å². The molecule has 0 unspecified atom stereocenters. The lowest BCUT2D eigenvalue weighted by molar-refractivity contribution is -0.142. The van der Waals surface area contributed by atoms with Crippen molar-refractivity contribution in [2.45, 2.75) is 49.8 Å². The molecule has 5 aliphatic rings. The van der Waals surface area contributed by atoms with Crippen LogP contribution in [0.5, 0.6) is 0 Å². The van der Waals surface area contributed by atoms with E-state index in [0.29, 0.717) is 56.4 Å². The molecule has 2 saturated heterocycles. The molecular weight excluding hydrogens is 504 g/mol. The highest BCUT2D eigenvalue weighted by Crippen LogP contribution is 2.56. The summed E-state index contributed by atoms with van der Waals surface area (Å²) in [5, 5.41) is 5.33. The van der Waals surface area contributed by atoms with Gasteiger partial charge in [0, 0.05) is 39.3 Å². The van der Waals surface area contributed by atoms with E-state index in [1.54, 1.807) is 21.9 Å². The minimum Gasteiger partial charge on any atom is -0.336 e. The second kappa shape index (κ2) is 10.0. The van der Waals surface area contributed by atoms with Crippen LogP contribution in [0.25, 0.3) is 0 Å². The largest absolute Gasteiger partial charge is 0.336 e. The summed E-state index contributed by atoms with van der Waals surface area (Å²) in [5.74, 6) is 1.39. The van der Waals surface area contributed by atoms with E-state index in [1.807, 2.05) is 0 Å². The molecular formula is C28H38N4O5S. The number of primary sulfonamides is 1. The molecule has 206 valence electrons. The quantitative estimate of drug-likeness (QED) is 0.549. The van der Waals surface area contributed by atoms with Crippen LogP contribution < -0.4 is 5.14 Å². The van der Waals surface area contributed by atoms with E-state index in [2.05, 4.69) is 4.90 Å². The number of likely N-dealkylation sites (tertiary alicyclic amines) is 1. The summed E-state index contributed by atoms with van der Waals surface area (Å²) in [5.41, 5.74) is 0.119. The van der Waals surface area contributed by atoms with Gasteiger partial charge in [-0.1, -0.05) is 25.0 Å². The molecule has 38 heavy (non-hydrogen) atoms. The van der Waals surface area contributed by atoms with Gasteiger partial charge < -0.3 is 4.90 Å². The minimum absolute atomic E-state index is 0.0479. The summed E-state index contributed by atoms with van der Waals surface area (Å²) in [4.78, 5) is 45.2. The third-order valence-corrected chi connectivity index (χ3v) is 11.0. The first-order chi connectivity index (χ1) is 18.2. The van der Waals surface area contributed by atoms with Gasteiger partial charge in [-0.3, -0.25) is 24.2 Å². The zero-order chi connectivity index (χ0) is 26.6. The highest BCUT2D eigenvalue weighted by Gasteiger charge is 2.61. The molecule has 0 aromatic heterocycles. The average Bonchev–Trinajstić information content (AvgIpc) is 3.60. The van der Waals surface area contributed by atoms with Crippen LogP contribution in [0.1, 0.15) is 55.3 Å². The van der Waals surface area contributed by atoms with Crippen LogP contribution in [-0.2, 0) is 19.6 Å². The Balaban J connectivity index is 1.06. The maximum atomic E-state index is 13.3. The van der Waals surface area contributed by atoms with Crippen LogP contribution in [0, 0.1) is 35.5 Å². The van der Waals surface area contributed by atoms with E-state index < -0.39 is 10.0 Å². The van der Waals surface area contributed by atoms with Crippen molar-refractivity contribution in [3.05, 3.63) is 29.8 Å². The van der Waals surface area contributed by atoms with Crippen molar-refractivity contribution in [2.75, 3.05) is 39.3 Å². The van der Waals surface area contributed by atoms with Gasteiger partial charge in [0.15, 0.2) is 0 Å². The molecule has 1 aromatic rings. The summed E-state index contributed by atoms with van der Waals surface area (Å²) in [6.45, 7) is 3.92. The first kappa shape index (κ1) is 26.0. The van der Waals surface area contributed by atoms with E-state index in [-0.39, 0.29) is 40.0 Å². The molecule has 9 nitrogen and oxygen atoms in total. The maximum Gasteiger partial charge on any atom is 0.255 e. The van der Waals surface area contributed by atoms with Crippen LogP contribution in [0.15, 0.2) is 29.2 Å². The van der Waals surface area contributed by atoms with Crippen LogP contribution in [0.2, 0.25) is 0 Å². The molecule has 5 fully saturated rings. The molecule has 10 heteroatoms. The number of hydrogen-bond donors (Lipinski definition) is 1. The summed E-state index contributed by atoms with van der Waals surface area (Å²) < 4.78 is 23.9. The molecule has 0 spiro atoms. The Morgan fingerprint density at radius 3 is 2.03 bits per heavy atom. The predicted octanol–water partition coefficient (Wildman–Crippen LogP) is 1.93. The number of amides is 3. The predicted molar refractivity (Wildman–Crippen MR) is 140 cm³/mol. The average molecular weight is 543 g/mol. The van der Waals surface area contributed by atoms with Gasteiger partial charge in [0.1, 0.15) is 0 Å². The van der Waals surface area contributed by atoms with Crippen molar-refractivity contribution in [3.63, 3.8) is 0 Å². The highest BCUT2D eigenvalue weighted by atomic mass is 32.2. The Bertz CT molecular complexity index is 1200. The third kappa shape index (κ3) is 4.58. The molecule has 6 rings (SSSR count). The molecule has 3 amide bonds. The Morgan fingerprint density at radius 1 is 0.842 bits per heavy atom. The van der Waals surface area contributed by atoms with Crippen LogP contribution in [0.4, 0.5) is 0 Å². The van der Waals surface area contributed by atoms with Gasteiger partial charge >= 0.3 is 0 Å². The third-order valence-electron chi connectivity index (χ3n) is 10.1. The summed E-state index contributed by atoms with van der Waals surface area (Å²) >= 11 is 0. The van der Waals surface area contributed by atoms with Gasteiger partial charge in [0.2, 0.25) is 21.8 Å². The fraction of sp³-hybridized carbons (Fsp3) is 0.679. The fourth-order valence-electron chi connectivity index (χ4n) is 8.18. The Morgan fingerprint density at radius 2 is 1.42 bits per heavy atom. The second-order valence-corrected chi connectivity index (χ2v) is 13.6. The number of piperazine rings is 1. The lowest BCUT2D eigenvalue weighted by atomic mass is 9.78. The van der Waals surface area contributed by atoms with E-state index in [1.165, 1.54) is 18.6 Å².